The maximum absolute atomic E-state index is 13.1. The summed E-state index contributed by atoms with van der Waals surface area (Å²) in [6, 6.07) is 6.14. The summed E-state index contributed by atoms with van der Waals surface area (Å²) >= 11 is 0. The number of nitrogens with one attached hydrogen (secondary N) is 1. The van der Waals surface area contributed by atoms with Gasteiger partial charge in [0.05, 0.1) is 6.54 Å². The quantitative estimate of drug-likeness (QED) is 0.919. The highest BCUT2D eigenvalue weighted by molar-refractivity contribution is 5.53. The zero-order chi connectivity index (χ0) is 17.1. The molecule has 1 aromatic carbocycles. The van der Waals surface area contributed by atoms with Gasteiger partial charge >= 0.3 is 0 Å². The van der Waals surface area contributed by atoms with Crippen LogP contribution in [0.5, 0.6) is 0 Å². The van der Waals surface area contributed by atoms with Crippen LogP contribution in [0.15, 0.2) is 28.8 Å². The summed E-state index contributed by atoms with van der Waals surface area (Å²) in [6.07, 6.45) is 3.18. The van der Waals surface area contributed by atoms with E-state index >= 15 is 0 Å². The van der Waals surface area contributed by atoms with E-state index in [4.69, 9.17) is 9.26 Å². The van der Waals surface area contributed by atoms with Crippen LogP contribution in [0.1, 0.15) is 25.2 Å². The molecule has 7 heteroatoms. The highest BCUT2D eigenvalue weighted by Gasteiger charge is 2.39. The van der Waals surface area contributed by atoms with E-state index in [0.29, 0.717) is 18.3 Å². The van der Waals surface area contributed by atoms with Crippen molar-refractivity contribution in [3.8, 4) is 11.4 Å². The Labute approximate surface area is 146 Å². The molecule has 0 atom stereocenters. The number of hydrogen-bond donors (Lipinski definition) is 1. The third-order valence-corrected chi connectivity index (χ3v) is 5.32. The highest BCUT2D eigenvalue weighted by atomic mass is 19.1. The van der Waals surface area contributed by atoms with Crippen molar-refractivity contribution in [1.82, 2.24) is 20.4 Å². The summed E-state index contributed by atoms with van der Waals surface area (Å²) < 4.78 is 24.1. The van der Waals surface area contributed by atoms with Crippen LogP contribution in [0.4, 0.5) is 4.39 Å². The summed E-state index contributed by atoms with van der Waals surface area (Å²) in [4.78, 5) is 6.99. The predicted octanol–water partition coefficient (Wildman–Crippen LogP) is 2.22. The van der Waals surface area contributed by atoms with Gasteiger partial charge in [-0.15, -0.1) is 0 Å². The molecule has 2 aliphatic rings. The van der Waals surface area contributed by atoms with E-state index in [2.05, 4.69) is 20.4 Å². The maximum Gasteiger partial charge on any atom is 0.241 e. The van der Waals surface area contributed by atoms with Gasteiger partial charge in [-0.25, -0.2) is 4.39 Å². The second kappa shape index (κ2) is 7.19. The van der Waals surface area contributed by atoms with Gasteiger partial charge in [-0.1, -0.05) is 5.16 Å². The molecule has 1 spiro atoms. The van der Waals surface area contributed by atoms with Crippen LogP contribution in [0.2, 0.25) is 0 Å². The van der Waals surface area contributed by atoms with Crippen LogP contribution >= 0.6 is 0 Å². The fourth-order valence-electron chi connectivity index (χ4n) is 3.82. The van der Waals surface area contributed by atoms with E-state index in [-0.39, 0.29) is 11.4 Å². The molecule has 2 fully saturated rings. The van der Waals surface area contributed by atoms with Crippen molar-refractivity contribution >= 4 is 0 Å². The van der Waals surface area contributed by atoms with E-state index in [1.165, 1.54) is 12.1 Å². The molecule has 4 rings (SSSR count). The van der Waals surface area contributed by atoms with Crippen LogP contribution < -0.4 is 5.32 Å². The number of halogens is 1. The Morgan fingerprint density at radius 3 is 2.72 bits per heavy atom. The predicted molar refractivity (Wildman–Crippen MR) is 90.4 cm³/mol. The van der Waals surface area contributed by atoms with E-state index in [9.17, 15) is 4.39 Å². The molecule has 1 aromatic heterocycles. The molecule has 3 heterocycles. The molecule has 0 radical (unpaired) electrons. The molecule has 0 aliphatic carbocycles. The Bertz CT molecular complexity index is 697. The summed E-state index contributed by atoms with van der Waals surface area (Å²) in [5.74, 6) is 0.835. The minimum Gasteiger partial charge on any atom is -0.381 e. The number of benzene rings is 1. The number of aromatic nitrogens is 2. The number of ether oxygens (including phenoxy) is 1. The lowest BCUT2D eigenvalue weighted by Crippen LogP contribution is -2.52. The first kappa shape index (κ1) is 16.6. The Morgan fingerprint density at radius 2 is 1.92 bits per heavy atom. The van der Waals surface area contributed by atoms with Crippen LogP contribution in [-0.4, -0.2) is 53.4 Å². The first-order valence-electron chi connectivity index (χ1n) is 8.87. The van der Waals surface area contributed by atoms with Gasteiger partial charge in [0.1, 0.15) is 5.82 Å². The smallest absolute Gasteiger partial charge is 0.241 e. The van der Waals surface area contributed by atoms with E-state index in [1.807, 2.05) is 0 Å². The van der Waals surface area contributed by atoms with E-state index < -0.39 is 0 Å². The highest BCUT2D eigenvalue weighted by Crippen LogP contribution is 2.33. The molecule has 0 saturated carbocycles. The second-order valence-corrected chi connectivity index (χ2v) is 6.78. The van der Waals surface area contributed by atoms with Crippen molar-refractivity contribution in [2.24, 2.45) is 0 Å². The topological polar surface area (TPSA) is 63.4 Å². The SMILES string of the molecule is Fc1ccc(-c2noc(CN3CCNCCC34CCOCC4)n2)cc1. The average molecular weight is 346 g/mol. The Kier molecular flexibility index (Phi) is 4.78. The summed E-state index contributed by atoms with van der Waals surface area (Å²) in [5.41, 5.74) is 0.904. The Balaban J connectivity index is 1.52. The van der Waals surface area contributed by atoms with Crippen molar-refractivity contribution in [2.45, 2.75) is 31.3 Å². The molecule has 0 unspecified atom stereocenters. The molecule has 25 heavy (non-hydrogen) atoms. The zero-order valence-electron chi connectivity index (χ0n) is 14.2. The monoisotopic (exact) mass is 346 g/mol. The second-order valence-electron chi connectivity index (χ2n) is 6.78. The first-order chi connectivity index (χ1) is 12.3. The van der Waals surface area contributed by atoms with Gasteiger partial charge in [0, 0.05) is 37.4 Å². The molecule has 0 amide bonds. The Morgan fingerprint density at radius 1 is 1.12 bits per heavy atom. The lowest BCUT2D eigenvalue weighted by molar-refractivity contribution is -0.0342. The number of nitrogens with zero attached hydrogens (tertiary/aromatic N) is 3. The van der Waals surface area contributed by atoms with Crippen LogP contribution in [0.25, 0.3) is 11.4 Å². The summed E-state index contributed by atoms with van der Waals surface area (Å²) in [5, 5.41) is 7.55. The van der Waals surface area contributed by atoms with Crippen LogP contribution in [0.3, 0.4) is 0 Å². The molecule has 0 bridgehead atoms. The fraction of sp³-hybridized carbons (Fsp3) is 0.556. The van der Waals surface area contributed by atoms with Crippen molar-refractivity contribution in [3.63, 3.8) is 0 Å². The first-order valence-corrected chi connectivity index (χ1v) is 8.87. The number of rotatable bonds is 3. The summed E-state index contributed by atoms with van der Waals surface area (Å²) in [6.45, 7) is 5.19. The van der Waals surface area contributed by atoms with Crippen molar-refractivity contribution in [1.29, 1.82) is 0 Å². The van der Waals surface area contributed by atoms with E-state index in [0.717, 1.165) is 57.7 Å². The van der Waals surface area contributed by atoms with Gasteiger partial charge in [-0.3, -0.25) is 4.90 Å². The summed E-state index contributed by atoms with van der Waals surface area (Å²) in [7, 11) is 0. The largest absolute Gasteiger partial charge is 0.381 e. The maximum atomic E-state index is 13.1. The zero-order valence-corrected chi connectivity index (χ0v) is 14.2. The molecule has 2 saturated heterocycles. The van der Waals surface area contributed by atoms with Gasteiger partial charge in [-0.2, -0.15) is 4.98 Å². The van der Waals surface area contributed by atoms with Gasteiger partial charge < -0.3 is 14.6 Å². The number of hydrogen-bond acceptors (Lipinski definition) is 6. The third kappa shape index (κ3) is 3.58. The lowest BCUT2D eigenvalue weighted by atomic mass is 9.85. The van der Waals surface area contributed by atoms with Gasteiger partial charge in [0.15, 0.2) is 0 Å². The molecule has 2 aliphatic heterocycles. The van der Waals surface area contributed by atoms with E-state index in [1.54, 1.807) is 12.1 Å². The van der Waals surface area contributed by atoms with Crippen molar-refractivity contribution in [2.75, 3.05) is 32.8 Å². The molecular weight excluding hydrogens is 323 g/mol. The normalized spacial score (nSPS) is 21.3. The minimum atomic E-state index is -0.272. The van der Waals surface area contributed by atoms with Gasteiger partial charge in [0.25, 0.3) is 0 Å². The third-order valence-electron chi connectivity index (χ3n) is 5.32. The average Bonchev–Trinajstić information content (AvgIpc) is 3.02. The standard InChI is InChI=1S/C18H23FN4O2/c19-15-3-1-14(2-4-15)17-21-16(25-22-17)13-23-10-9-20-8-5-18(23)6-11-24-12-7-18/h1-4,20H,5-13H2. The molecule has 6 nitrogen and oxygen atoms in total. The van der Waals surface area contributed by atoms with Crippen LogP contribution in [0, 0.1) is 5.82 Å². The Hall–Kier alpha value is -1.83. The van der Waals surface area contributed by atoms with Gasteiger partial charge in [-0.05, 0) is 50.1 Å². The van der Waals surface area contributed by atoms with Crippen molar-refractivity contribution < 1.29 is 13.7 Å². The lowest BCUT2D eigenvalue weighted by Gasteiger charge is -2.44. The molecular formula is C18H23FN4O2. The fourth-order valence-corrected chi connectivity index (χ4v) is 3.82. The molecule has 1 N–H and O–H groups in total. The van der Waals surface area contributed by atoms with Gasteiger partial charge in [0.2, 0.25) is 11.7 Å². The van der Waals surface area contributed by atoms with Crippen LogP contribution in [-0.2, 0) is 11.3 Å². The van der Waals surface area contributed by atoms with Crippen molar-refractivity contribution in [3.05, 3.63) is 36.0 Å². The molecule has 2 aromatic rings. The minimum absolute atomic E-state index is 0.145. The molecule has 134 valence electrons.